The third-order valence-corrected chi connectivity index (χ3v) is 5.32. The number of hydrogen-bond donors (Lipinski definition) is 0. The second-order valence-corrected chi connectivity index (χ2v) is 7.37. The van der Waals surface area contributed by atoms with Crippen LogP contribution in [0.4, 0.5) is 0 Å². The van der Waals surface area contributed by atoms with E-state index >= 15 is 0 Å². The van der Waals surface area contributed by atoms with Crippen molar-refractivity contribution >= 4 is 21.4 Å². The largest absolute Gasteiger partial charge is 0.229 e. The minimum Gasteiger partial charge on any atom is -0.229 e. The van der Waals surface area contributed by atoms with Crippen molar-refractivity contribution in [1.29, 1.82) is 0 Å². The van der Waals surface area contributed by atoms with E-state index in [-0.39, 0.29) is 11.5 Å². The van der Waals surface area contributed by atoms with E-state index in [2.05, 4.69) is 12.1 Å². The zero-order chi connectivity index (χ0) is 13.4. The van der Waals surface area contributed by atoms with Crippen molar-refractivity contribution in [2.75, 3.05) is 17.4 Å². The highest BCUT2D eigenvalue weighted by molar-refractivity contribution is 7.91. The average Bonchev–Trinajstić information content (AvgIpc) is 2.38. The summed E-state index contributed by atoms with van der Waals surface area (Å²) < 4.78 is 22.8. The van der Waals surface area contributed by atoms with Crippen LogP contribution in [0.5, 0.6) is 0 Å². The highest BCUT2D eigenvalue weighted by Gasteiger charge is 2.12. The van der Waals surface area contributed by atoms with Crippen LogP contribution in [0.25, 0.3) is 0 Å². The molecule has 0 aromatic heterocycles. The van der Waals surface area contributed by atoms with Crippen LogP contribution < -0.4 is 0 Å². The van der Waals surface area contributed by atoms with Crippen molar-refractivity contribution in [3.8, 4) is 0 Å². The van der Waals surface area contributed by atoms with Gasteiger partial charge in [0.05, 0.1) is 5.75 Å². The molecule has 1 rings (SSSR count). The topological polar surface area (TPSA) is 34.1 Å². The Morgan fingerprint density at radius 3 is 2.44 bits per heavy atom. The van der Waals surface area contributed by atoms with Crippen molar-refractivity contribution in [2.24, 2.45) is 5.92 Å². The SMILES string of the molecule is CCS(=O)(=O)CCCC(CCl)Cc1ccccc1. The van der Waals surface area contributed by atoms with Gasteiger partial charge >= 0.3 is 0 Å². The average molecular weight is 289 g/mol. The molecule has 0 bridgehead atoms. The van der Waals surface area contributed by atoms with E-state index in [4.69, 9.17) is 11.6 Å². The minimum absolute atomic E-state index is 0.233. The second-order valence-electron chi connectivity index (χ2n) is 4.59. The van der Waals surface area contributed by atoms with Gasteiger partial charge in [0.1, 0.15) is 9.84 Å². The van der Waals surface area contributed by atoms with Crippen LogP contribution in [-0.2, 0) is 16.3 Å². The van der Waals surface area contributed by atoms with Gasteiger partial charge in [0.15, 0.2) is 0 Å². The monoisotopic (exact) mass is 288 g/mol. The Bertz CT molecular complexity index is 428. The van der Waals surface area contributed by atoms with Crippen molar-refractivity contribution in [3.05, 3.63) is 35.9 Å². The van der Waals surface area contributed by atoms with Crippen LogP contribution in [0.15, 0.2) is 30.3 Å². The van der Waals surface area contributed by atoms with Crippen molar-refractivity contribution in [3.63, 3.8) is 0 Å². The summed E-state index contributed by atoms with van der Waals surface area (Å²) in [6.45, 7) is 1.69. The summed E-state index contributed by atoms with van der Waals surface area (Å²) in [5.74, 6) is 1.46. The molecule has 1 unspecified atom stereocenters. The van der Waals surface area contributed by atoms with Crippen LogP contribution in [0, 0.1) is 5.92 Å². The molecule has 0 saturated carbocycles. The van der Waals surface area contributed by atoms with Gasteiger partial charge in [-0.3, -0.25) is 0 Å². The summed E-state index contributed by atoms with van der Waals surface area (Å²) in [6.07, 6.45) is 2.51. The molecule has 1 aromatic carbocycles. The van der Waals surface area contributed by atoms with E-state index in [1.165, 1.54) is 5.56 Å². The molecule has 1 aromatic rings. The Morgan fingerprint density at radius 1 is 1.22 bits per heavy atom. The molecule has 0 aliphatic carbocycles. The summed E-state index contributed by atoms with van der Waals surface area (Å²) >= 11 is 5.95. The maximum Gasteiger partial charge on any atom is 0.150 e. The number of rotatable bonds is 8. The van der Waals surface area contributed by atoms with Crippen LogP contribution in [-0.4, -0.2) is 25.8 Å². The normalized spacial score (nSPS) is 13.4. The first-order valence-electron chi connectivity index (χ1n) is 6.37. The molecule has 0 saturated heterocycles. The molecule has 0 heterocycles. The van der Waals surface area contributed by atoms with Gasteiger partial charge in [-0.2, -0.15) is 0 Å². The fourth-order valence-electron chi connectivity index (χ4n) is 1.92. The van der Waals surface area contributed by atoms with Crippen LogP contribution >= 0.6 is 11.6 Å². The van der Waals surface area contributed by atoms with Gasteiger partial charge in [0.2, 0.25) is 0 Å². The quantitative estimate of drug-likeness (QED) is 0.688. The van der Waals surface area contributed by atoms with Gasteiger partial charge in [-0.05, 0) is 30.7 Å². The van der Waals surface area contributed by atoms with Crippen LogP contribution in [0.2, 0.25) is 0 Å². The van der Waals surface area contributed by atoms with E-state index in [1.807, 2.05) is 18.2 Å². The third-order valence-electron chi connectivity index (χ3n) is 3.09. The summed E-state index contributed by atoms with van der Waals surface area (Å²) in [7, 11) is -2.84. The lowest BCUT2D eigenvalue weighted by molar-refractivity contribution is 0.523. The Balaban J connectivity index is 2.39. The molecule has 0 aliphatic heterocycles. The standard InChI is InChI=1S/C14H21ClO2S/c1-2-18(16,17)10-6-9-14(12-15)11-13-7-4-3-5-8-13/h3-5,7-8,14H,2,6,9-12H2,1H3. The van der Waals surface area contributed by atoms with E-state index in [1.54, 1.807) is 6.92 Å². The molecule has 0 radical (unpaired) electrons. The van der Waals surface area contributed by atoms with E-state index in [0.717, 1.165) is 12.8 Å². The second kappa shape index (κ2) is 7.80. The molecule has 0 spiro atoms. The summed E-state index contributed by atoms with van der Waals surface area (Å²) in [5.41, 5.74) is 1.27. The molecular formula is C14H21ClO2S. The Hall–Kier alpha value is -0.540. The van der Waals surface area contributed by atoms with Crippen LogP contribution in [0.3, 0.4) is 0 Å². The highest BCUT2D eigenvalue weighted by Crippen LogP contribution is 2.16. The first-order valence-corrected chi connectivity index (χ1v) is 8.73. The van der Waals surface area contributed by atoms with Crippen LogP contribution in [0.1, 0.15) is 25.3 Å². The molecule has 0 amide bonds. The van der Waals surface area contributed by atoms with Gasteiger partial charge in [-0.1, -0.05) is 37.3 Å². The summed E-state index contributed by atoms with van der Waals surface area (Å²) in [5, 5.41) is 0. The molecule has 0 N–H and O–H groups in total. The third kappa shape index (κ3) is 5.87. The lowest BCUT2D eigenvalue weighted by atomic mass is 9.97. The van der Waals surface area contributed by atoms with E-state index in [0.29, 0.717) is 18.2 Å². The van der Waals surface area contributed by atoms with E-state index in [9.17, 15) is 8.42 Å². The number of benzene rings is 1. The first kappa shape index (κ1) is 15.5. The molecule has 2 nitrogen and oxygen atoms in total. The van der Waals surface area contributed by atoms with E-state index < -0.39 is 9.84 Å². The maximum atomic E-state index is 11.4. The fraction of sp³-hybridized carbons (Fsp3) is 0.571. The van der Waals surface area contributed by atoms with Gasteiger partial charge < -0.3 is 0 Å². The van der Waals surface area contributed by atoms with Gasteiger partial charge in [0, 0.05) is 11.6 Å². The smallest absolute Gasteiger partial charge is 0.150 e. The zero-order valence-corrected chi connectivity index (χ0v) is 12.4. The lowest BCUT2D eigenvalue weighted by Crippen LogP contribution is -2.12. The summed E-state index contributed by atoms with van der Waals surface area (Å²) in [6, 6.07) is 10.2. The number of hydrogen-bond acceptors (Lipinski definition) is 2. The lowest BCUT2D eigenvalue weighted by Gasteiger charge is -2.13. The van der Waals surface area contributed by atoms with Crippen molar-refractivity contribution in [1.82, 2.24) is 0 Å². The molecule has 4 heteroatoms. The number of sulfone groups is 1. The molecule has 1 atom stereocenters. The summed E-state index contributed by atoms with van der Waals surface area (Å²) in [4.78, 5) is 0. The molecule has 18 heavy (non-hydrogen) atoms. The van der Waals surface area contributed by atoms with Crippen molar-refractivity contribution in [2.45, 2.75) is 26.2 Å². The fourth-order valence-corrected chi connectivity index (χ4v) is 3.08. The molecule has 102 valence electrons. The predicted octanol–water partition coefficient (Wildman–Crippen LogP) is 3.30. The molecular weight excluding hydrogens is 268 g/mol. The Morgan fingerprint density at radius 2 is 1.89 bits per heavy atom. The Labute approximate surface area is 115 Å². The predicted molar refractivity (Wildman–Crippen MR) is 77.9 cm³/mol. The number of halogens is 1. The highest BCUT2D eigenvalue weighted by atomic mass is 35.5. The first-order chi connectivity index (χ1) is 8.57. The Kier molecular flexibility index (Phi) is 6.72. The number of alkyl halides is 1. The van der Waals surface area contributed by atoms with Gasteiger partial charge in [-0.15, -0.1) is 11.6 Å². The molecule has 0 fully saturated rings. The zero-order valence-electron chi connectivity index (χ0n) is 10.8. The maximum absolute atomic E-state index is 11.4. The minimum atomic E-state index is -2.84. The van der Waals surface area contributed by atoms with Gasteiger partial charge in [-0.25, -0.2) is 8.42 Å². The van der Waals surface area contributed by atoms with Crippen molar-refractivity contribution < 1.29 is 8.42 Å². The van der Waals surface area contributed by atoms with Gasteiger partial charge in [0.25, 0.3) is 0 Å². The molecule has 0 aliphatic rings.